The minimum absolute atomic E-state index is 0.0135. The molecule has 2 fully saturated rings. The average molecular weight is 617 g/mol. The van der Waals surface area contributed by atoms with Gasteiger partial charge in [0.25, 0.3) is 0 Å². The lowest BCUT2D eigenvalue weighted by molar-refractivity contribution is -0.138. The van der Waals surface area contributed by atoms with Crippen LogP contribution in [0, 0.1) is 17.8 Å². The van der Waals surface area contributed by atoms with Gasteiger partial charge in [-0.2, -0.15) is 0 Å². The number of ether oxygens (including phenoxy) is 3. The molecule has 1 aliphatic carbocycles. The number of likely N-dealkylation sites (tertiary alicyclic amines) is 1. The first kappa shape index (κ1) is 34.6. The zero-order valence-electron chi connectivity index (χ0n) is 27.7. The molecular formula is C33H52N2O7Si. The van der Waals surface area contributed by atoms with Crippen molar-refractivity contribution < 1.29 is 33.0 Å². The molecule has 9 nitrogen and oxygen atoms in total. The third kappa shape index (κ3) is 8.85. The van der Waals surface area contributed by atoms with Crippen molar-refractivity contribution in [2.75, 3.05) is 26.9 Å². The van der Waals surface area contributed by atoms with Gasteiger partial charge in [-0.05, 0) is 87.9 Å². The molecule has 1 aromatic rings. The largest absolute Gasteiger partial charge is 0.497 e. The van der Waals surface area contributed by atoms with Crippen molar-refractivity contribution >= 4 is 26.3 Å². The van der Waals surface area contributed by atoms with Crippen LogP contribution in [0.4, 0.5) is 4.79 Å². The number of carbonyl (C=O) groups is 3. The van der Waals surface area contributed by atoms with Gasteiger partial charge < -0.3 is 28.9 Å². The number of carbonyl (C=O) groups excluding carboxylic acids is 3. The molecule has 1 heterocycles. The van der Waals surface area contributed by atoms with E-state index in [0.717, 1.165) is 16.9 Å². The highest BCUT2D eigenvalue weighted by Gasteiger charge is 2.51. The van der Waals surface area contributed by atoms with Crippen molar-refractivity contribution in [3.05, 3.63) is 41.5 Å². The molecule has 1 saturated heterocycles. The van der Waals surface area contributed by atoms with Gasteiger partial charge in [0.1, 0.15) is 11.4 Å². The Morgan fingerprint density at radius 2 is 1.72 bits per heavy atom. The van der Waals surface area contributed by atoms with Gasteiger partial charge in [0, 0.05) is 37.6 Å². The number of benzene rings is 1. The first-order valence-corrected chi connectivity index (χ1v) is 18.3. The van der Waals surface area contributed by atoms with E-state index in [-0.39, 0.29) is 35.3 Å². The Balaban J connectivity index is 1.98. The molecule has 1 aromatic carbocycles. The van der Waals surface area contributed by atoms with Crippen molar-refractivity contribution in [3.63, 3.8) is 0 Å². The summed E-state index contributed by atoms with van der Waals surface area (Å²) in [7, 11) is -0.538. The van der Waals surface area contributed by atoms with Crippen LogP contribution in [0.15, 0.2) is 35.9 Å². The van der Waals surface area contributed by atoms with Crippen molar-refractivity contribution in [3.8, 4) is 5.75 Å². The van der Waals surface area contributed by atoms with Crippen LogP contribution in [0.3, 0.4) is 0 Å². The van der Waals surface area contributed by atoms with E-state index in [2.05, 4.69) is 39.2 Å². The van der Waals surface area contributed by atoms with E-state index < -0.39 is 32.0 Å². The van der Waals surface area contributed by atoms with Gasteiger partial charge >= 0.3 is 12.1 Å². The molecule has 0 spiro atoms. The average Bonchev–Trinajstić information content (AvgIpc) is 2.90. The number of nitrogens with one attached hydrogen (secondary N) is 1. The first-order chi connectivity index (χ1) is 20.0. The van der Waals surface area contributed by atoms with Gasteiger partial charge in [0.15, 0.2) is 8.32 Å². The molecule has 240 valence electrons. The summed E-state index contributed by atoms with van der Waals surface area (Å²) in [6.45, 7) is 19.6. The second kappa shape index (κ2) is 13.8. The molecule has 2 aliphatic rings. The van der Waals surface area contributed by atoms with Crippen LogP contribution in [0.1, 0.15) is 66.9 Å². The van der Waals surface area contributed by atoms with Gasteiger partial charge in [0.05, 0.1) is 19.8 Å². The Morgan fingerprint density at radius 3 is 2.28 bits per heavy atom. The molecule has 1 saturated carbocycles. The number of hydrogen-bond donors (Lipinski definition) is 1. The maximum Gasteiger partial charge on any atom is 0.410 e. The summed E-state index contributed by atoms with van der Waals surface area (Å²) in [4.78, 5) is 42.0. The topological polar surface area (TPSA) is 103 Å². The summed E-state index contributed by atoms with van der Waals surface area (Å²) in [5.41, 5.74) is 1.03. The number of rotatable bonds is 9. The minimum atomic E-state index is -2.16. The van der Waals surface area contributed by atoms with Crippen LogP contribution in [0.25, 0.3) is 0 Å². The summed E-state index contributed by atoms with van der Waals surface area (Å²) in [5, 5.41) is 3.12. The van der Waals surface area contributed by atoms with E-state index in [1.165, 1.54) is 6.08 Å². The summed E-state index contributed by atoms with van der Waals surface area (Å²) >= 11 is 0. The molecule has 0 aromatic heterocycles. The number of esters is 1. The Bertz CT molecular complexity index is 1170. The lowest BCUT2D eigenvalue weighted by Crippen LogP contribution is -2.59. The number of piperidine rings is 1. The number of amides is 2. The molecule has 1 N–H and O–H groups in total. The van der Waals surface area contributed by atoms with Crippen molar-refractivity contribution in [2.24, 2.45) is 17.8 Å². The van der Waals surface area contributed by atoms with E-state index >= 15 is 0 Å². The third-order valence-corrected chi connectivity index (χ3v) is 13.4. The highest BCUT2D eigenvalue weighted by atomic mass is 28.4. The monoisotopic (exact) mass is 616 g/mol. The van der Waals surface area contributed by atoms with Crippen LogP contribution < -0.4 is 10.1 Å². The Morgan fingerprint density at radius 1 is 1.07 bits per heavy atom. The summed E-state index contributed by atoms with van der Waals surface area (Å²) in [6, 6.07) is 7.16. The second-order valence-corrected chi connectivity index (χ2v) is 19.0. The van der Waals surface area contributed by atoms with E-state index in [1.807, 2.05) is 45.0 Å². The fraction of sp³-hybridized carbons (Fsp3) is 0.667. The molecule has 2 bridgehead atoms. The standard InChI is InChI=1S/C33H52N2O7Si/c1-11-40-28(36)19-26-25-16-17-35(31(38)42-32(2,3)4)29(26)23(21-41-43(9,10)33(5,6)7)18-27(25)30(37)34-20-22-12-14-24(39-8)15-13-22/h12-15,19,23,25,27,29H,11,16-18,20-21H2,1-10H3,(H,34,37)/b26-19-/t23-,25-,27-,29-/m0/s1. The fourth-order valence-electron chi connectivity index (χ4n) is 5.64. The predicted molar refractivity (Wildman–Crippen MR) is 169 cm³/mol. The lowest BCUT2D eigenvalue weighted by Gasteiger charge is -2.52. The Hall–Kier alpha value is -2.85. The lowest BCUT2D eigenvalue weighted by atomic mass is 9.64. The van der Waals surface area contributed by atoms with Gasteiger partial charge in [-0.25, -0.2) is 9.59 Å². The maximum atomic E-state index is 13.8. The molecule has 4 atom stereocenters. The van der Waals surface area contributed by atoms with E-state index in [1.54, 1.807) is 18.9 Å². The maximum absolute atomic E-state index is 13.8. The quantitative estimate of drug-likeness (QED) is 0.204. The normalized spacial score (nSPS) is 23.5. The Labute approximate surface area is 258 Å². The fourth-order valence-corrected chi connectivity index (χ4v) is 6.71. The minimum Gasteiger partial charge on any atom is -0.497 e. The van der Waals surface area contributed by atoms with Gasteiger partial charge in [-0.15, -0.1) is 0 Å². The van der Waals surface area contributed by atoms with Crippen LogP contribution >= 0.6 is 0 Å². The van der Waals surface area contributed by atoms with E-state index in [0.29, 0.717) is 32.5 Å². The summed E-state index contributed by atoms with van der Waals surface area (Å²) < 4.78 is 23.1. The highest BCUT2D eigenvalue weighted by Crippen LogP contribution is 2.47. The number of methoxy groups -OCH3 is 1. The molecule has 10 heteroatoms. The zero-order chi connectivity index (χ0) is 32.2. The predicted octanol–water partition coefficient (Wildman–Crippen LogP) is 6.08. The Kier molecular flexibility index (Phi) is 11.2. The van der Waals surface area contributed by atoms with Crippen molar-refractivity contribution in [1.29, 1.82) is 0 Å². The molecule has 43 heavy (non-hydrogen) atoms. The molecule has 2 amide bonds. The highest BCUT2D eigenvalue weighted by molar-refractivity contribution is 6.74. The molecule has 3 rings (SSSR count). The first-order valence-electron chi connectivity index (χ1n) is 15.4. The van der Waals surface area contributed by atoms with Crippen LogP contribution in [0.2, 0.25) is 18.1 Å². The molecule has 1 aliphatic heterocycles. The number of fused-ring (bicyclic) bond motifs is 2. The van der Waals surface area contributed by atoms with Gasteiger partial charge in [-0.3, -0.25) is 4.79 Å². The van der Waals surface area contributed by atoms with Gasteiger partial charge in [0.2, 0.25) is 5.91 Å². The summed E-state index contributed by atoms with van der Waals surface area (Å²) in [5.74, 6) is -0.602. The molecule has 0 radical (unpaired) electrons. The second-order valence-electron chi connectivity index (χ2n) is 14.1. The van der Waals surface area contributed by atoms with E-state index in [4.69, 9.17) is 18.6 Å². The van der Waals surface area contributed by atoms with Gasteiger partial charge in [-0.1, -0.05) is 32.9 Å². The zero-order valence-corrected chi connectivity index (χ0v) is 28.7. The molecular weight excluding hydrogens is 564 g/mol. The van der Waals surface area contributed by atoms with Crippen molar-refractivity contribution in [2.45, 2.75) is 97.6 Å². The van der Waals surface area contributed by atoms with Crippen LogP contribution in [0.5, 0.6) is 5.75 Å². The number of nitrogens with zero attached hydrogens (tertiary/aromatic N) is 1. The SMILES string of the molecule is CCOC(=O)/C=C1\[C@@H]2[C@H](CO[Si](C)(C)C(C)(C)C)C[C@H](C(=O)NCc3ccc(OC)cc3)[C@H]1CCN2C(=O)OC(C)(C)C. The smallest absolute Gasteiger partial charge is 0.410 e. The van der Waals surface area contributed by atoms with Crippen LogP contribution in [-0.2, 0) is 30.0 Å². The summed E-state index contributed by atoms with van der Waals surface area (Å²) in [6.07, 6.45) is 2.15. The number of hydrogen-bond acceptors (Lipinski definition) is 7. The van der Waals surface area contributed by atoms with E-state index in [9.17, 15) is 14.4 Å². The van der Waals surface area contributed by atoms with Crippen molar-refractivity contribution in [1.82, 2.24) is 10.2 Å². The van der Waals surface area contributed by atoms with Crippen LogP contribution in [-0.4, -0.2) is 69.7 Å². The molecule has 0 unspecified atom stereocenters. The third-order valence-electron chi connectivity index (χ3n) is 8.90.